The number of amides is 2. The fourth-order valence-corrected chi connectivity index (χ4v) is 1.93. The van der Waals surface area contributed by atoms with Crippen molar-refractivity contribution in [3.05, 3.63) is 41.8 Å². The van der Waals surface area contributed by atoms with Gasteiger partial charge in [0.25, 0.3) is 5.91 Å². The van der Waals surface area contributed by atoms with E-state index >= 15 is 0 Å². The van der Waals surface area contributed by atoms with Crippen molar-refractivity contribution in [3.63, 3.8) is 0 Å². The topological polar surface area (TPSA) is 84.2 Å². The van der Waals surface area contributed by atoms with E-state index in [0.717, 1.165) is 12.8 Å². The highest BCUT2D eigenvalue weighted by molar-refractivity contribution is 6.02. The van der Waals surface area contributed by atoms with Gasteiger partial charge in [-0.2, -0.15) is 0 Å². The molecular weight excluding hydrogens is 270 g/mol. The van der Waals surface area contributed by atoms with E-state index in [1.807, 2.05) is 0 Å². The normalized spacial score (nSPS) is 13.8. The highest BCUT2D eigenvalue weighted by Gasteiger charge is 2.29. The molecule has 0 radical (unpaired) electrons. The number of rotatable bonds is 4. The second-order valence-electron chi connectivity index (χ2n) is 5.13. The van der Waals surface area contributed by atoms with E-state index in [1.54, 1.807) is 37.3 Å². The zero-order valence-electron chi connectivity index (χ0n) is 11.6. The number of anilines is 2. The van der Waals surface area contributed by atoms with Gasteiger partial charge in [0.1, 0.15) is 0 Å². The van der Waals surface area contributed by atoms with Crippen LogP contribution in [-0.2, 0) is 4.79 Å². The van der Waals surface area contributed by atoms with Gasteiger partial charge in [-0.1, -0.05) is 11.2 Å². The summed E-state index contributed by atoms with van der Waals surface area (Å²) in [6.07, 6.45) is 1.90. The smallest absolute Gasteiger partial charge is 0.294 e. The SMILES string of the molecule is Cc1cc(C(=O)Nc2cccc(NC(=O)C3CC3)c2)on1. The third-order valence-corrected chi connectivity index (χ3v) is 3.19. The van der Waals surface area contributed by atoms with Gasteiger partial charge in [-0.25, -0.2) is 0 Å². The highest BCUT2D eigenvalue weighted by atomic mass is 16.5. The largest absolute Gasteiger partial charge is 0.351 e. The fraction of sp³-hybridized carbons (Fsp3) is 0.267. The Morgan fingerprint density at radius 2 is 1.90 bits per heavy atom. The Labute approximate surface area is 121 Å². The van der Waals surface area contributed by atoms with Crippen LogP contribution in [0.4, 0.5) is 11.4 Å². The summed E-state index contributed by atoms with van der Waals surface area (Å²) in [6, 6.07) is 8.57. The lowest BCUT2D eigenvalue weighted by molar-refractivity contribution is -0.117. The van der Waals surface area contributed by atoms with Crippen LogP contribution < -0.4 is 10.6 Å². The molecule has 0 bridgehead atoms. The Morgan fingerprint density at radius 1 is 1.19 bits per heavy atom. The summed E-state index contributed by atoms with van der Waals surface area (Å²) in [7, 11) is 0. The van der Waals surface area contributed by atoms with Crippen LogP contribution in [0.5, 0.6) is 0 Å². The monoisotopic (exact) mass is 285 g/mol. The first-order valence-corrected chi connectivity index (χ1v) is 6.77. The number of nitrogens with one attached hydrogen (secondary N) is 2. The van der Waals surface area contributed by atoms with Crippen LogP contribution in [0.2, 0.25) is 0 Å². The lowest BCUT2D eigenvalue weighted by Gasteiger charge is -2.07. The van der Waals surface area contributed by atoms with Gasteiger partial charge in [0.15, 0.2) is 0 Å². The summed E-state index contributed by atoms with van der Waals surface area (Å²) in [4.78, 5) is 23.7. The van der Waals surface area contributed by atoms with Crippen molar-refractivity contribution in [2.75, 3.05) is 10.6 Å². The molecule has 0 spiro atoms. The summed E-state index contributed by atoms with van der Waals surface area (Å²) < 4.78 is 4.90. The Balaban J connectivity index is 1.67. The molecule has 1 aliphatic carbocycles. The van der Waals surface area contributed by atoms with E-state index in [9.17, 15) is 9.59 Å². The summed E-state index contributed by atoms with van der Waals surface area (Å²) in [5.41, 5.74) is 1.90. The summed E-state index contributed by atoms with van der Waals surface area (Å²) in [5, 5.41) is 9.21. The van der Waals surface area contributed by atoms with Crippen molar-refractivity contribution in [2.24, 2.45) is 5.92 Å². The molecule has 0 unspecified atom stereocenters. The molecule has 0 aliphatic heterocycles. The summed E-state index contributed by atoms with van der Waals surface area (Å²) in [5.74, 6) is -0.0501. The third kappa shape index (κ3) is 3.28. The average Bonchev–Trinajstić information content (AvgIpc) is 3.21. The molecular formula is C15H15N3O3. The molecule has 21 heavy (non-hydrogen) atoms. The fourth-order valence-electron chi connectivity index (χ4n) is 1.93. The maximum absolute atomic E-state index is 11.9. The molecule has 3 rings (SSSR count). The zero-order valence-corrected chi connectivity index (χ0v) is 11.6. The van der Waals surface area contributed by atoms with Gasteiger partial charge in [-0.05, 0) is 38.0 Å². The first kappa shape index (κ1) is 13.4. The molecule has 0 saturated heterocycles. The Kier molecular flexibility index (Phi) is 3.43. The molecule has 2 amide bonds. The second-order valence-corrected chi connectivity index (χ2v) is 5.13. The second kappa shape index (κ2) is 5.40. The number of benzene rings is 1. The van der Waals surface area contributed by atoms with Gasteiger partial charge in [0.2, 0.25) is 11.7 Å². The maximum atomic E-state index is 11.9. The van der Waals surface area contributed by atoms with E-state index in [-0.39, 0.29) is 23.5 Å². The third-order valence-electron chi connectivity index (χ3n) is 3.19. The molecule has 1 saturated carbocycles. The van der Waals surface area contributed by atoms with Crippen molar-refractivity contribution in [1.29, 1.82) is 0 Å². The standard InChI is InChI=1S/C15H15N3O3/c1-9-7-13(21-18-9)15(20)17-12-4-2-3-11(8-12)16-14(19)10-5-6-10/h2-4,7-8,10H,5-6H2,1H3,(H,16,19)(H,17,20). The van der Waals surface area contributed by atoms with Crippen LogP contribution in [-0.4, -0.2) is 17.0 Å². The predicted octanol–water partition coefficient (Wildman–Crippen LogP) is 2.58. The van der Waals surface area contributed by atoms with E-state index in [4.69, 9.17) is 4.52 Å². The number of carbonyl (C=O) groups is 2. The molecule has 1 aliphatic rings. The van der Waals surface area contributed by atoms with E-state index < -0.39 is 0 Å². The minimum atomic E-state index is -0.374. The number of hydrogen-bond donors (Lipinski definition) is 2. The van der Waals surface area contributed by atoms with Crippen LogP contribution >= 0.6 is 0 Å². The molecule has 6 heteroatoms. The first-order chi connectivity index (χ1) is 10.1. The minimum absolute atomic E-state index is 0.0318. The average molecular weight is 285 g/mol. The van der Waals surface area contributed by atoms with E-state index in [2.05, 4.69) is 15.8 Å². The van der Waals surface area contributed by atoms with Crippen LogP contribution in [0.25, 0.3) is 0 Å². The molecule has 6 nitrogen and oxygen atoms in total. The number of aryl methyl sites for hydroxylation is 1. The molecule has 1 aromatic heterocycles. The Hall–Kier alpha value is -2.63. The van der Waals surface area contributed by atoms with Crippen LogP contribution in [0, 0.1) is 12.8 Å². The van der Waals surface area contributed by atoms with Gasteiger partial charge in [-0.3, -0.25) is 9.59 Å². The predicted molar refractivity (Wildman–Crippen MR) is 77.0 cm³/mol. The van der Waals surface area contributed by atoms with Crippen molar-refractivity contribution in [3.8, 4) is 0 Å². The molecule has 1 aromatic carbocycles. The minimum Gasteiger partial charge on any atom is -0.351 e. The lowest BCUT2D eigenvalue weighted by atomic mass is 10.2. The molecule has 2 aromatic rings. The van der Waals surface area contributed by atoms with Crippen LogP contribution in [0.3, 0.4) is 0 Å². The molecule has 0 atom stereocenters. The highest BCUT2D eigenvalue weighted by Crippen LogP contribution is 2.30. The molecule has 2 N–H and O–H groups in total. The number of hydrogen-bond acceptors (Lipinski definition) is 4. The molecule has 1 heterocycles. The number of aromatic nitrogens is 1. The summed E-state index contributed by atoms with van der Waals surface area (Å²) >= 11 is 0. The van der Waals surface area contributed by atoms with Crippen molar-refractivity contribution < 1.29 is 14.1 Å². The van der Waals surface area contributed by atoms with Crippen LogP contribution in [0.15, 0.2) is 34.9 Å². The maximum Gasteiger partial charge on any atom is 0.294 e. The van der Waals surface area contributed by atoms with Gasteiger partial charge < -0.3 is 15.2 Å². The number of carbonyl (C=O) groups excluding carboxylic acids is 2. The Morgan fingerprint density at radius 3 is 2.52 bits per heavy atom. The van der Waals surface area contributed by atoms with E-state index in [0.29, 0.717) is 17.1 Å². The lowest BCUT2D eigenvalue weighted by Crippen LogP contribution is -2.14. The molecule has 108 valence electrons. The van der Waals surface area contributed by atoms with Crippen molar-refractivity contribution in [2.45, 2.75) is 19.8 Å². The van der Waals surface area contributed by atoms with Gasteiger partial charge in [0.05, 0.1) is 5.69 Å². The molecule has 1 fully saturated rings. The van der Waals surface area contributed by atoms with Crippen molar-refractivity contribution >= 4 is 23.2 Å². The van der Waals surface area contributed by atoms with Gasteiger partial charge in [0, 0.05) is 23.4 Å². The zero-order chi connectivity index (χ0) is 14.8. The first-order valence-electron chi connectivity index (χ1n) is 6.77. The van der Waals surface area contributed by atoms with Gasteiger partial charge in [-0.15, -0.1) is 0 Å². The quantitative estimate of drug-likeness (QED) is 0.904. The number of nitrogens with zero attached hydrogens (tertiary/aromatic N) is 1. The van der Waals surface area contributed by atoms with Crippen LogP contribution in [0.1, 0.15) is 29.1 Å². The Bertz CT molecular complexity index is 689. The van der Waals surface area contributed by atoms with Crippen molar-refractivity contribution in [1.82, 2.24) is 5.16 Å². The summed E-state index contributed by atoms with van der Waals surface area (Å²) in [6.45, 7) is 1.74. The van der Waals surface area contributed by atoms with Gasteiger partial charge >= 0.3 is 0 Å². The van der Waals surface area contributed by atoms with E-state index in [1.165, 1.54) is 0 Å².